The van der Waals surface area contributed by atoms with Crippen molar-refractivity contribution in [3.63, 3.8) is 0 Å². The SMILES string of the molecule is C[C@]12CCC3C(CC[C@@]4(O)CC=CC[C@]34C)C1CC[C@@H]2O. The van der Waals surface area contributed by atoms with Crippen molar-refractivity contribution in [1.29, 1.82) is 0 Å². The van der Waals surface area contributed by atoms with Gasteiger partial charge in [-0.25, -0.2) is 0 Å². The van der Waals surface area contributed by atoms with Gasteiger partial charge in [-0.05, 0) is 74.5 Å². The van der Waals surface area contributed by atoms with E-state index >= 15 is 0 Å². The van der Waals surface area contributed by atoms with E-state index in [9.17, 15) is 10.2 Å². The Morgan fingerprint density at radius 3 is 2.48 bits per heavy atom. The summed E-state index contributed by atoms with van der Waals surface area (Å²) in [6.45, 7) is 4.68. The van der Waals surface area contributed by atoms with Gasteiger partial charge in [0.05, 0.1) is 11.7 Å². The van der Waals surface area contributed by atoms with E-state index in [0.717, 1.165) is 44.4 Å². The molecule has 21 heavy (non-hydrogen) atoms. The quantitative estimate of drug-likeness (QED) is 0.668. The van der Waals surface area contributed by atoms with E-state index in [1.807, 2.05) is 0 Å². The van der Waals surface area contributed by atoms with Gasteiger partial charge in [-0.1, -0.05) is 26.0 Å². The van der Waals surface area contributed by atoms with Crippen molar-refractivity contribution in [3.05, 3.63) is 12.2 Å². The molecule has 4 rings (SSSR count). The first-order valence-corrected chi connectivity index (χ1v) is 8.96. The normalized spacial score (nSPS) is 59.2. The zero-order chi connectivity index (χ0) is 14.9. The van der Waals surface area contributed by atoms with Crippen LogP contribution in [0.4, 0.5) is 0 Å². The molecule has 3 saturated carbocycles. The summed E-state index contributed by atoms with van der Waals surface area (Å²) in [6, 6.07) is 0. The van der Waals surface area contributed by atoms with Gasteiger partial charge in [-0.15, -0.1) is 0 Å². The van der Waals surface area contributed by atoms with Crippen LogP contribution in [0.1, 0.15) is 65.2 Å². The standard InChI is InChI=1S/C19H30O2/c1-17-11-8-15-13(14(17)5-6-16(17)20)7-12-19(21)10-4-3-9-18(15,19)2/h3-4,13-16,20-21H,5-12H2,1-2H3/t13?,14?,15?,16-,17-,18+,19-/m0/s1. The number of hydrogen-bond acceptors (Lipinski definition) is 2. The summed E-state index contributed by atoms with van der Waals surface area (Å²) in [5.41, 5.74) is -0.273. The number of rotatable bonds is 0. The highest BCUT2D eigenvalue weighted by atomic mass is 16.3. The fourth-order valence-electron chi connectivity index (χ4n) is 6.77. The molecule has 0 aromatic rings. The Morgan fingerprint density at radius 1 is 0.905 bits per heavy atom. The van der Waals surface area contributed by atoms with Crippen molar-refractivity contribution in [3.8, 4) is 0 Å². The molecule has 0 radical (unpaired) electrons. The third-order valence-electron chi connectivity index (χ3n) is 8.32. The minimum absolute atomic E-state index is 0.0551. The Morgan fingerprint density at radius 2 is 1.67 bits per heavy atom. The molecule has 0 aromatic carbocycles. The number of hydrogen-bond donors (Lipinski definition) is 2. The summed E-state index contributed by atoms with van der Waals surface area (Å²) in [5.74, 6) is 2.04. The predicted octanol–water partition coefficient (Wildman–Crippen LogP) is 3.67. The van der Waals surface area contributed by atoms with Gasteiger partial charge >= 0.3 is 0 Å². The second kappa shape index (κ2) is 4.35. The molecule has 118 valence electrons. The van der Waals surface area contributed by atoms with Gasteiger partial charge in [-0.3, -0.25) is 0 Å². The summed E-state index contributed by atoms with van der Waals surface area (Å²) in [4.78, 5) is 0. The van der Waals surface area contributed by atoms with Crippen LogP contribution >= 0.6 is 0 Å². The van der Waals surface area contributed by atoms with Crippen LogP contribution in [-0.2, 0) is 0 Å². The molecule has 7 atom stereocenters. The molecule has 0 aromatic heterocycles. The highest BCUT2D eigenvalue weighted by Gasteiger charge is 2.63. The molecule has 0 heterocycles. The zero-order valence-corrected chi connectivity index (χ0v) is 13.5. The van der Waals surface area contributed by atoms with Gasteiger partial charge in [-0.2, -0.15) is 0 Å². The van der Waals surface area contributed by atoms with Crippen LogP contribution in [0.5, 0.6) is 0 Å². The Balaban J connectivity index is 1.70. The maximum atomic E-state index is 11.2. The second-order valence-corrected chi connectivity index (χ2v) is 8.88. The highest BCUT2D eigenvalue weighted by molar-refractivity contribution is 5.17. The second-order valence-electron chi connectivity index (χ2n) is 8.88. The van der Waals surface area contributed by atoms with E-state index in [4.69, 9.17) is 0 Å². The summed E-state index contributed by atoms with van der Waals surface area (Å²) in [5, 5.41) is 21.7. The lowest BCUT2D eigenvalue weighted by molar-refractivity contribution is -0.189. The van der Waals surface area contributed by atoms with Crippen molar-refractivity contribution < 1.29 is 10.2 Å². The molecular weight excluding hydrogens is 260 g/mol. The topological polar surface area (TPSA) is 40.5 Å². The van der Waals surface area contributed by atoms with E-state index in [1.54, 1.807) is 0 Å². The molecule has 3 fully saturated rings. The van der Waals surface area contributed by atoms with Crippen LogP contribution in [0.15, 0.2) is 12.2 Å². The van der Waals surface area contributed by atoms with Crippen LogP contribution < -0.4 is 0 Å². The molecule has 0 amide bonds. The summed E-state index contributed by atoms with van der Waals surface area (Å²) >= 11 is 0. The molecule has 4 aliphatic carbocycles. The Hall–Kier alpha value is -0.340. The zero-order valence-electron chi connectivity index (χ0n) is 13.5. The van der Waals surface area contributed by atoms with Crippen LogP contribution in [0, 0.1) is 28.6 Å². The average Bonchev–Trinajstić information content (AvgIpc) is 2.76. The molecule has 0 spiro atoms. The number of allylic oxidation sites excluding steroid dienone is 1. The maximum absolute atomic E-state index is 11.2. The number of fused-ring (bicyclic) bond motifs is 5. The molecule has 2 nitrogen and oxygen atoms in total. The van der Waals surface area contributed by atoms with Crippen molar-refractivity contribution >= 4 is 0 Å². The third kappa shape index (κ3) is 1.67. The average molecular weight is 290 g/mol. The van der Waals surface area contributed by atoms with Crippen LogP contribution in [0.25, 0.3) is 0 Å². The lowest BCUT2D eigenvalue weighted by Crippen LogP contribution is -2.60. The minimum atomic E-state index is -0.478. The molecule has 2 heteroatoms. The first-order valence-electron chi connectivity index (χ1n) is 8.96. The fourth-order valence-corrected chi connectivity index (χ4v) is 6.77. The van der Waals surface area contributed by atoms with Crippen molar-refractivity contribution in [2.45, 2.75) is 76.9 Å². The first-order chi connectivity index (χ1) is 9.91. The molecule has 2 N–H and O–H groups in total. The highest BCUT2D eigenvalue weighted by Crippen LogP contribution is 2.66. The van der Waals surface area contributed by atoms with Gasteiger partial charge in [0.15, 0.2) is 0 Å². The molecule has 3 unspecified atom stereocenters. The number of aliphatic hydroxyl groups is 2. The lowest BCUT2D eigenvalue weighted by atomic mass is 9.44. The van der Waals surface area contributed by atoms with E-state index in [-0.39, 0.29) is 16.9 Å². The lowest BCUT2D eigenvalue weighted by Gasteiger charge is -2.62. The monoisotopic (exact) mass is 290 g/mol. The van der Waals surface area contributed by atoms with Crippen LogP contribution in [0.2, 0.25) is 0 Å². The smallest absolute Gasteiger partial charge is 0.0741 e. The Bertz CT molecular complexity index is 472. The van der Waals surface area contributed by atoms with E-state index in [0.29, 0.717) is 11.8 Å². The summed E-state index contributed by atoms with van der Waals surface area (Å²) in [6.07, 6.45) is 12.9. The van der Waals surface area contributed by atoms with Crippen LogP contribution in [0.3, 0.4) is 0 Å². The first kappa shape index (κ1) is 14.3. The molecule has 4 aliphatic rings. The third-order valence-corrected chi connectivity index (χ3v) is 8.32. The minimum Gasteiger partial charge on any atom is -0.393 e. The summed E-state index contributed by atoms with van der Waals surface area (Å²) in [7, 11) is 0. The van der Waals surface area contributed by atoms with Gasteiger partial charge in [0.1, 0.15) is 0 Å². The van der Waals surface area contributed by atoms with E-state index in [1.165, 1.54) is 12.8 Å². The van der Waals surface area contributed by atoms with Crippen molar-refractivity contribution in [2.24, 2.45) is 28.6 Å². The van der Waals surface area contributed by atoms with Gasteiger partial charge in [0, 0.05) is 5.41 Å². The van der Waals surface area contributed by atoms with Crippen molar-refractivity contribution in [1.82, 2.24) is 0 Å². The van der Waals surface area contributed by atoms with E-state index < -0.39 is 5.60 Å². The van der Waals surface area contributed by atoms with Gasteiger partial charge < -0.3 is 10.2 Å². The van der Waals surface area contributed by atoms with Crippen LogP contribution in [-0.4, -0.2) is 21.9 Å². The van der Waals surface area contributed by atoms with E-state index in [2.05, 4.69) is 26.0 Å². The largest absolute Gasteiger partial charge is 0.393 e. The van der Waals surface area contributed by atoms with Crippen molar-refractivity contribution in [2.75, 3.05) is 0 Å². The number of aliphatic hydroxyl groups excluding tert-OH is 1. The molecular formula is C19H30O2. The fraction of sp³-hybridized carbons (Fsp3) is 0.895. The Kier molecular flexibility index (Phi) is 2.96. The molecule has 0 saturated heterocycles. The Labute approximate surface area is 128 Å². The summed E-state index contributed by atoms with van der Waals surface area (Å²) < 4.78 is 0. The molecule has 0 bridgehead atoms. The predicted molar refractivity (Wildman–Crippen MR) is 83.7 cm³/mol. The van der Waals surface area contributed by atoms with Gasteiger partial charge in [0.25, 0.3) is 0 Å². The molecule has 0 aliphatic heterocycles. The maximum Gasteiger partial charge on any atom is 0.0741 e. The van der Waals surface area contributed by atoms with Gasteiger partial charge in [0.2, 0.25) is 0 Å².